The molecule has 0 aromatic heterocycles. The Hall–Kier alpha value is -0.0400. The van der Waals surface area contributed by atoms with E-state index in [0.29, 0.717) is 0 Å². The van der Waals surface area contributed by atoms with Crippen molar-refractivity contribution in [1.82, 2.24) is 5.32 Å². The third-order valence-corrected chi connectivity index (χ3v) is 5.52. The molecule has 16 heavy (non-hydrogen) atoms. The smallest absolute Gasteiger partial charge is 0.0126 e. The molecule has 0 heterocycles. The molecule has 0 aromatic rings. The van der Waals surface area contributed by atoms with E-state index < -0.39 is 0 Å². The second-order valence-electron chi connectivity index (χ2n) is 6.57. The largest absolute Gasteiger partial charge is 0.310 e. The van der Waals surface area contributed by atoms with Crippen LogP contribution in [0.5, 0.6) is 0 Å². The number of hydrogen-bond acceptors (Lipinski definition) is 1. The number of hydrogen-bond donors (Lipinski definition) is 1. The molecule has 1 nitrogen and oxygen atoms in total. The van der Waals surface area contributed by atoms with E-state index in [1.54, 1.807) is 0 Å². The van der Waals surface area contributed by atoms with Crippen molar-refractivity contribution >= 4 is 0 Å². The fraction of sp³-hybridized carbons (Fsp3) is 1.00. The van der Waals surface area contributed by atoms with Gasteiger partial charge in [0.25, 0.3) is 0 Å². The van der Waals surface area contributed by atoms with Crippen LogP contribution in [0.15, 0.2) is 0 Å². The van der Waals surface area contributed by atoms with Crippen LogP contribution in [0.2, 0.25) is 0 Å². The molecule has 0 bridgehead atoms. The Labute approximate surface area is 100 Å². The van der Waals surface area contributed by atoms with Gasteiger partial charge in [-0.1, -0.05) is 32.6 Å². The molecule has 0 saturated heterocycles. The van der Waals surface area contributed by atoms with E-state index >= 15 is 0 Å². The summed E-state index contributed by atoms with van der Waals surface area (Å²) in [4.78, 5) is 0. The zero-order chi connectivity index (χ0) is 11.0. The lowest BCUT2D eigenvalue weighted by Crippen LogP contribution is -2.55. The molecule has 3 fully saturated rings. The zero-order valence-electron chi connectivity index (χ0n) is 10.8. The molecule has 1 N–H and O–H groups in total. The van der Waals surface area contributed by atoms with Gasteiger partial charge in [0, 0.05) is 12.1 Å². The number of rotatable bonds is 4. The minimum atomic E-state index is 0.762. The molecule has 1 heteroatoms. The van der Waals surface area contributed by atoms with E-state index in [2.05, 4.69) is 12.2 Å². The Balaban J connectivity index is 1.49. The van der Waals surface area contributed by atoms with Crippen LogP contribution in [0.4, 0.5) is 0 Å². The van der Waals surface area contributed by atoms with Crippen LogP contribution in [0.3, 0.4) is 0 Å². The van der Waals surface area contributed by atoms with E-state index in [9.17, 15) is 0 Å². The van der Waals surface area contributed by atoms with Gasteiger partial charge in [-0.2, -0.15) is 0 Å². The van der Waals surface area contributed by atoms with Gasteiger partial charge in [-0.25, -0.2) is 0 Å². The first-order valence-electron chi connectivity index (χ1n) is 7.60. The van der Waals surface area contributed by atoms with E-state index in [1.165, 1.54) is 64.2 Å². The maximum absolute atomic E-state index is 3.99. The first kappa shape index (κ1) is 11.1. The molecule has 3 aliphatic carbocycles. The standard InChI is InChI=1S/C15H27N/c1-2-6-12-11-13(12)16-14-7-10-15(14)8-4-3-5-9-15/h12-14,16H,2-11H2,1H3. The Morgan fingerprint density at radius 2 is 1.94 bits per heavy atom. The van der Waals surface area contributed by atoms with Crippen molar-refractivity contribution in [3.05, 3.63) is 0 Å². The first-order chi connectivity index (χ1) is 7.84. The molecule has 3 unspecified atom stereocenters. The molecule has 0 aromatic carbocycles. The average Bonchev–Trinajstić information content (AvgIpc) is 3.05. The van der Waals surface area contributed by atoms with Crippen LogP contribution in [-0.2, 0) is 0 Å². The predicted molar refractivity (Wildman–Crippen MR) is 68.5 cm³/mol. The summed E-state index contributed by atoms with van der Waals surface area (Å²) < 4.78 is 0. The van der Waals surface area contributed by atoms with Crippen LogP contribution >= 0.6 is 0 Å². The van der Waals surface area contributed by atoms with Gasteiger partial charge in [-0.05, 0) is 49.9 Å². The topological polar surface area (TPSA) is 12.0 Å². The molecule has 0 radical (unpaired) electrons. The highest BCUT2D eigenvalue weighted by atomic mass is 15.0. The van der Waals surface area contributed by atoms with Crippen molar-refractivity contribution in [3.8, 4) is 0 Å². The minimum Gasteiger partial charge on any atom is -0.310 e. The fourth-order valence-electron chi connectivity index (χ4n) is 4.21. The quantitative estimate of drug-likeness (QED) is 0.759. The third kappa shape index (κ3) is 1.92. The lowest BCUT2D eigenvalue weighted by atomic mass is 9.57. The van der Waals surface area contributed by atoms with E-state index in [0.717, 1.165) is 23.4 Å². The van der Waals surface area contributed by atoms with Crippen molar-refractivity contribution in [2.45, 2.75) is 83.2 Å². The van der Waals surface area contributed by atoms with Crippen LogP contribution in [0.1, 0.15) is 71.1 Å². The lowest BCUT2D eigenvalue weighted by molar-refractivity contribution is 0.0212. The van der Waals surface area contributed by atoms with Crippen LogP contribution in [0, 0.1) is 11.3 Å². The van der Waals surface area contributed by atoms with E-state index in [-0.39, 0.29) is 0 Å². The Kier molecular flexibility index (Phi) is 2.99. The van der Waals surface area contributed by atoms with Crippen molar-refractivity contribution < 1.29 is 0 Å². The Morgan fingerprint density at radius 1 is 1.12 bits per heavy atom. The molecule has 1 spiro atoms. The van der Waals surface area contributed by atoms with Crippen LogP contribution in [-0.4, -0.2) is 12.1 Å². The van der Waals surface area contributed by atoms with Crippen LogP contribution < -0.4 is 5.32 Å². The van der Waals surface area contributed by atoms with Gasteiger partial charge in [0.1, 0.15) is 0 Å². The summed E-state index contributed by atoms with van der Waals surface area (Å²) in [6, 6.07) is 1.81. The van der Waals surface area contributed by atoms with E-state index in [4.69, 9.17) is 0 Å². The summed E-state index contributed by atoms with van der Waals surface area (Å²) in [6.07, 6.45) is 14.8. The minimum absolute atomic E-state index is 0.762. The summed E-state index contributed by atoms with van der Waals surface area (Å²) in [7, 11) is 0. The molecular weight excluding hydrogens is 194 g/mol. The number of nitrogens with one attached hydrogen (secondary N) is 1. The normalized spacial score (nSPS) is 40.7. The molecule has 3 atom stereocenters. The van der Waals surface area contributed by atoms with Crippen molar-refractivity contribution in [2.24, 2.45) is 11.3 Å². The average molecular weight is 221 g/mol. The maximum Gasteiger partial charge on any atom is 0.0126 e. The highest BCUT2D eigenvalue weighted by Gasteiger charge is 2.49. The Morgan fingerprint density at radius 3 is 2.56 bits per heavy atom. The molecule has 0 aliphatic heterocycles. The zero-order valence-corrected chi connectivity index (χ0v) is 10.8. The van der Waals surface area contributed by atoms with Gasteiger partial charge in [0.05, 0.1) is 0 Å². The molecular formula is C15H27N. The molecule has 0 amide bonds. The first-order valence-corrected chi connectivity index (χ1v) is 7.60. The molecule has 3 rings (SSSR count). The second-order valence-corrected chi connectivity index (χ2v) is 6.57. The predicted octanol–water partition coefficient (Wildman–Crippen LogP) is 3.88. The van der Waals surface area contributed by atoms with Crippen molar-refractivity contribution in [3.63, 3.8) is 0 Å². The van der Waals surface area contributed by atoms with Gasteiger partial charge in [-0.3, -0.25) is 0 Å². The maximum atomic E-state index is 3.99. The van der Waals surface area contributed by atoms with E-state index in [1.807, 2.05) is 0 Å². The second kappa shape index (κ2) is 4.33. The summed E-state index contributed by atoms with van der Waals surface area (Å²) in [6.45, 7) is 2.32. The van der Waals surface area contributed by atoms with Gasteiger partial charge in [0.15, 0.2) is 0 Å². The molecule has 3 aliphatic rings. The highest BCUT2D eigenvalue weighted by molar-refractivity contribution is 5.05. The summed E-state index contributed by atoms with van der Waals surface area (Å²) in [5.41, 5.74) is 0.762. The third-order valence-electron chi connectivity index (χ3n) is 5.52. The Bertz CT molecular complexity index is 242. The van der Waals surface area contributed by atoms with Crippen molar-refractivity contribution in [2.75, 3.05) is 0 Å². The summed E-state index contributed by atoms with van der Waals surface area (Å²) >= 11 is 0. The molecule has 3 saturated carbocycles. The summed E-state index contributed by atoms with van der Waals surface area (Å²) in [5.74, 6) is 1.03. The van der Waals surface area contributed by atoms with Gasteiger partial charge in [-0.15, -0.1) is 0 Å². The van der Waals surface area contributed by atoms with Crippen LogP contribution in [0.25, 0.3) is 0 Å². The SMILES string of the molecule is CCCC1CC1NC1CCC12CCCCC2. The van der Waals surface area contributed by atoms with Crippen molar-refractivity contribution in [1.29, 1.82) is 0 Å². The highest BCUT2D eigenvalue weighted by Crippen LogP contribution is 2.52. The van der Waals surface area contributed by atoms with Gasteiger partial charge in [0.2, 0.25) is 0 Å². The monoisotopic (exact) mass is 221 g/mol. The summed E-state index contributed by atoms with van der Waals surface area (Å²) in [5, 5.41) is 3.99. The van der Waals surface area contributed by atoms with Gasteiger partial charge < -0.3 is 5.32 Å². The van der Waals surface area contributed by atoms with Gasteiger partial charge >= 0.3 is 0 Å². The fourth-order valence-corrected chi connectivity index (χ4v) is 4.21. The lowest BCUT2D eigenvalue weighted by Gasteiger charge is -2.53. The molecule has 92 valence electrons.